The molecular formula is C50H47IrN5OSi-2. The van der Waals surface area contributed by atoms with E-state index in [4.69, 9.17) is 19.4 Å². The van der Waals surface area contributed by atoms with Gasteiger partial charge in [0.05, 0.1) is 41.7 Å². The van der Waals surface area contributed by atoms with E-state index in [1.165, 1.54) is 10.8 Å². The van der Waals surface area contributed by atoms with E-state index in [0.717, 1.165) is 89.6 Å². The zero-order valence-electron chi connectivity index (χ0n) is 34.5. The predicted molar refractivity (Wildman–Crippen MR) is 238 cm³/mol. The van der Waals surface area contributed by atoms with Crippen LogP contribution >= 0.6 is 0 Å². The summed E-state index contributed by atoms with van der Waals surface area (Å²) < 4.78 is 8.70. The Hall–Kier alpha value is -5.53. The van der Waals surface area contributed by atoms with Crippen LogP contribution in [0.1, 0.15) is 43.4 Å². The summed E-state index contributed by atoms with van der Waals surface area (Å²) in [6.07, 6.45) is 2.02. The van der Waals surface area contributed by atoms with Crippen molar-refractivity contribution in [2.24, 2.45) is 0 Å². The number of imidazole rings is 1. The molecule has 4 aromatic carbocycles. The first-order valence-corrected chi connectivity index (χ1v) is 23.0. The molecule has 1 radical (unpaired) electrons. The topological polar surface area (TPSA) is 69.6 Å². The van der Waals surface area contributed by atoms with Crippen molar-refractivity contribution in [1.82, 2.24) is 24.5 Å². The molecule has 5 heterocycles. The summed E-state index contributed by atoms with van der Waals surface area (Å²) in [4.78, 5) is 19.3. The molecule has 293 valence electrons. The smallest absolute Gasteiger partial charge is 0.139 e. The molecule has 0 atom stereocenters. The van der Waals surface area contributed by atoms with Gasteiger partial charge < -0.3 is 14.0 Å². The number of fused-ring (bicyclic) bond motifs is 4. The Kier molecular flexibility index (Phi) is 11.2. The van der Waals surface area contributed by atoms with Gasteiger partial charge in [-0.3, -0.25) is 15.0 Å². The van der Waals surface area contributed by atoms with Crippen molar-refractivity contribution in [3.05, 3.63) is 156 Å². The Labute approximate surface area is 355 Å². The van der Waals surface area contributed by atoms with E-state index in [2.05, 4.69) is 129 Å². The fourth-order valence-electron chi connectivity index (χ4n) is 7.26. The number of benzene rings is 4. The zero-order valence-corrected chi connectivity index (χ0v) is 37.9. The molecule has 0 fully saturated rings. The van der Waals surface area contributed by atoms with E-state index in [-0.39, 0.29) is 25.5 Å². The molecule has 6 nitrogen and oxygen atoms in total. The van der Waals surface area contributed by atoms with Crippen molar-refractivity contribution in [3.8, 4) is 39.5 Å². The van der Waals surface area contributed by atoms with Crippen LogP contribution in [0, 0.1) is 32.9 Å². The summed E-state index contributed by atoms with van der Waals surface area (Å²) in [6, 6.07) is 46.3. The molecule has 0 bridgehead atoms. The van der Waals surface area contributed by atoms with Crippen LogP contribution in [0.3, 0.4) is 0 Å². The fourth-order valence-corrected chi connectivity index (χ4v) is 8.29. The van der Waals surface area contributed by atoms with E-state index in [1.54, 1.807) is 0 Å². The number of rotatable bonds is 5. The minimum absolute atomic E-state index is 0. The molecule has 0 saturated carbocycles. The third-order valence-electron chi connectivity index (χ3n) is 10.4. The van der Waals surface area contributed by atoms with Crippen LogP contribution in [0.4, 0.5) is 0 Å². The summed E-state index contributed by atoms with van der Waals surface area (Å²) in [7, 11) is -1.23. The molecule has 8 heteroatoms. The minimum atomic E-state index is -1.23. The molecule has 9 rings (SSSR count). The standard InChI is InChI=1S/C36H31N4O.C14H16NSi.Ir/c1-21-15-18-31-33(38-21)26-13-10-14-27(34(26)41-31)35-39-32-23(3)37-22(2)19-30(32)40(35)29-17-16-25(36(4,5)6)20-28(29)24-11-8-7-9-12-24;1-16(2,3)13-9-10-14(15-11-13)12-7-5-4-6-8-12;/h7-13,15-20H,1-6H3;4-7,9-11H,1-3H3;/q2*-1;. The van der Waals surface area contributed by atoms with Crippen LogP contribution in [0.5, 0.6) is 0 Å². The third-order valence-corrected chi connectivity index (χ3v) is 12.4. The predicted octanol–water partition coefficient (Wildman–Crippen LogP) is 12.2. The van der Waals surface area contributed by atoms with Crippen molar-refractivity contribution in [3.63, 3.8) is 0 Å². The molecule has 5 aromatic heterocycles. The summed E-state index contributed by atoms with van der Waals surface area (Å²) in [5.74, 6) is 0.762. The van der Waals surface area contributed by atoms with Crippen LogP contribution in [0.2, 0.25) is 19.6 Å². The van der Waals surface area contributed by atoms with Gasteiger partial charge >= 0.3 is 0 Å². The van der Waals surface area contributed by atoms with Crippen molar-refractivity contribution in [2.75, 3.05) is 0 Å². The van der Waals surface area contributed by atoms with Gasteiger partial charge in [0.25, 0.3) is 0 Å². The summed E-state index contributed by atoms with van der Waals surface area (Å²) in [5, 5.41) is 2.35. The van der Waals surface area contributed by atoms with E-state index in [0.29, 0.717) is 0 Å². The number of aromatic nitrogens is 5. The number of furan rings is 1. The van der Waals surface area contributed by atoms with E-state index in [1.807, 2.05) is 75.5 Å². The molecule has 0 N–H and O–H groups in total. The molecule has 0 saturated heterocycles. The van der Waals surface area contributed by atoms with Crippen LogP contribution in [-0.2, 0) is 25.5 Å². The summed E-state index contributed by atoms with van der Waals surface area (Å²) in [6.45, 7) is 19.8. The second kappa shape index (κ2) is 16.0. The number of hydrogen-bond donors (Lipinski definition) is 0. The van der Waals surface area contributed by atoms with Crippen LogP contribution in [0.25, 0.3) is 72.6 Å². The Bertz CT molecular complexity index is 2890. The monoisotopic (exact) mass is 954 g/mol. The summed E-state index contributed by atoms with van der Waals surface area (Å²) in [5.41, 5.74) is 14.4. The molecule has 0 unspecified atom stereocenters. The Morgan fingerprint density at radius 1 is 0.707 bits per heavy atom. The van der Waals surface area contributed by atoms with E-state index >= 15 is 0 Å². The molecule has 0 amide bonds. The van der Waals surface area contributed by atoms with Gasteiger partial charge in [0.15, 0.2) is 0 Å². The molecule has 0 aliphatic rings. The van der Waals surface area contributed by atoms with Crippen LogP contribution < -0.4 is 5.19 Å². The summed E-state index contributed by atoms with van der Waals surface area (Å²) >= 11 is 0. The Balaban J connectivity index is 0.000000254. The number of aryl methyl sites for hydroxylation is 3. The van der Waals surface area contributed by atoms with Gasteiger partial charge in [-0.1, -0.05) is 94.5 Å². The first kappa shape index (κ1) is 40.7. The maximum Gasteiger partial charge on any atom is 0.139 e. The van der Waals surface area contributed by atoms with Gasteiger partial charge in [-0.2, -0.15) is 0 Å². The second-order valence-corrected chi connectivity index (χ2v) is 21.9. The molecular weight excluding hydrogens is 907 g/mol. The average Bonchev–Trinajstić information content (AvgIpc) is 3.76. The number of pyridine rings is 3. The van der Waals surface area contributed by atoms with E-state index < -0.39 is 8.07 Å². The molecule has 0 aliphatic carbocycles. The van der Waals surface area contributed by atoms with Gasteiger partial charge in [0.2, 0.25) is 0 Å². The quantitative estimate of drug-likeness (QED) is 0.127. The fraction of sp³-hybridized carbons (Fsp3) is 0.200. The minimum Gasteiger partial charge on any atom is -0.499 e. The van der Waals surface area contributed by atoms with Gasteiger partial charge in [-0.25, -0.2) is 0 Å². The van der Waals surface area contributed by atoms with Gasteiger partial charge in [-0.05, 0) is 83.9 Å². The van der Waals surface area contributed by atoms with Gasteiger partial charge in [0.1, 0.15) is 5.58 Å². The maximum atomic E-state index is 6.45. The first-order valence-electron chi connectivity index (χ1n) is 19.5. The number of nitrogens with zero attached hydrogens (tertiary/aromatic N) is 5. The maximum absolute atomic E-state index is 6.45. The van der Waals surface area contributed by atoms with Crippen molar-refractivity contribution in [1.29, 1.82) is 0 Å². The molecule has 58 heavy (non-hydrogen) atoms. The van der Waals surface area contributed by atoms with Crippen molar-refractivity contribution < 1.29 is 24.5 Å². The average molecular weight is 954 g/mol. The first-order chi connectivity index (χ1) is 27.3. The van der Waals surface area contributed by atoms with Crippen LogP contribution in [-0.4, -0.2) is 32.6 Å². The molecule has 9 aromatic rings. The van der Waals surface area contributed by atoms with Gasteiger partial charge in [0, 0.05) is 48.9 Å². The largest absolute Gasteiger partial charge is 0.499 e. The Morgan fingerprint density at radius 2 is 1.48 bits per heavy atom. The SMILES string of the molecule is C[Si](C)(C)c1ccc(-c2[c-]cccc2)nc1.Cc1cc2c(nc(-c3[c-]ccc4c3oc3ccc(C)nc34)n2-c2ccc(C(C)(C)C)cc2-c2ccccc2)c(C)n1.[Ir]. The molecule has 0 spiro atoms. The zero-order chi connectivity index (χ0) is 40.1. The normalized spacial score (nSPS) is 11.7. The molecule has 0 aliphatic heterocycles. The Morgan fingerprint density at radius 3 is 2.17 bits per heavy atom. The van der Waals surface area contributed by atoms with Crippen molar-refractivity contribution >= 4 is 46.4 Å². The third kappa shape index (κ3) is 7.97. The van der Waals surface area contributed by atoms with Crippen LogP contribution in [0.15, 0.2) is 126 Å². The van der Waals surface area contributed by atoms with E-state index in [9.17, 15) is 0 Å². The second-order valence-electron chi connectivity index (χ2n) is 16.8. The van der Waals surface area contributed by atoms with Crippen molar-refractivity contribution in [2.45, 2.75) is 66.6 Å². The number of hydrogen-bond acceptors (Lipinski definition) is 5. The van der Waals surface area contributed by atoms with Gasteiger partial charge in [-0.15, -0.1) is 54.1 Å².